The van der Waals surface area contributed by atoms with Gasteiger partial charge in [-0.05, 0) is 49.8 Å². The fourth-order valence-electron chi connectivity index (χ4n) is 2.84. The number of amides is 1. The highest BCUT2D eigenvalue weighted by molar-refractivity contribution is 7.89. The maximum atomic E-state index is 12.9. The molecule has 1 fully saturated rings. The molecule has 0 atom stereocenters. The van der Waals surface area contributed by atoms with Crippen molar-refractivity contribution in [3.05, 3.63) is 23.8 Å². The number of carbonyl (C=O) groups is 1. The Kier molecular flexibility index (Phi) is 6.40. The monoisotopic (exact) mass is 352 g/mol. The quantitative estimate of drug-likeness (QED) is 0.851. The predicted octanol–water partition coefficient (Wildman–Crippen LogP) is 3.54. The summed E-state index contributed by atoms with van der Waals surface area (Å²) < 4.78 is 27.3. The van der Waals surface area contributed by atoms with E-state index in [-0.39, 0.29) is 5.91 Å². The molecule has 1 aliphatic rings. The Labute approximate surface area is 145 Å². The zero-order chi connectivity index (χ0) is 17.7. The molecule has 0 unspecified atom stereocenters. The Morgan fingerprint density at radius 1 is 1.21 bits per heavy atom. The molecule has 0 aliphatic carbocycles. The smallest absolute Gasteiger partial charge is 0.243 e. The molecule has 1 amide bonds. The number of rotatable bonds is 6. The van der Waals surface area contributed by atoms with Gasteiger partial charge in [-0.3, -0.25) is 4.79 Å². The van der Waals surface area contributed by atoms with Crippen LogP contribution in [0.3, 0.4) is 0 Å². The summed E-state index contributed by atoms with van der Waals surface area (Å²) in [4.78, 5) is 12.3. The van der Waals surface area contributed by atoms with Gasteiger partial charge in [-0.25, -0.2) is 8.42 Å². The molecular formula is C18H28N2O3S. The molecule has 0 bridgehead atoms. The van der Waals surface area contributed by atoms with Crippen LogP contribution in [0, 0.1) is 12.8 Å². The van der Waals surface area contributed by atoms with Crippen molar-refractivity contribution in [1.29, 1.82) is 0 Å². The second kappa shape index (κ2) is 8.12. The standard InChI is InChI=1S/C18H28N2O3S/c1-14(2)7-10-18(21)19-16-9-8-15(3)17(13-16)24(22,23)20-11-5-4-6-12-20/h8-9,13-14H,4-7,10-12H2,1-3H3,(H,19,21). The maximum absolute atomic E-state index is 12.9. The van der Waals surface area contributed by atoms with E-state index in [2.05, 4.69) is 19.2 Å². The zero-order valence-corrected chi connectivity index (χ0v) is 15.7. The van der Waals surface area contributed by atoms with E-state index in [9.17, 15) is 13.2 Å². The number of aryl methyl sites for hydroxylation is 1. The minimum Gasteiger partial charge on any atom is -0.326 e. The van der Waals surface area contributed by atoms with Crippen LogP contribution in [0.15, 0.2) is 23.1 Å². The molecule has 5 nitrogen and oxygen atoms in total. The third kappa shape index (κ3) is 4.80. The molecule has 0 radical (unpaired) electrons. The fraction of sp³-hybridized carbons (Fsp3) is 0.611. The Morgan fingerprint density at radius 2 is 1.88 bits per heavy atom. The summed E-state index contributed by atoms with van der Waals surface area (Å²) in [6, 6.07) is 5.11. The maximum Gasteiger partial charge on any atom is 0.243 e. The number of hydrogen-bond donors (Lipinski definition) is 1. The number of piperidine rings is 1. The largest absolute Gasteiger partial charge is 0.326 e. The lowest BCUT2D eigenvalue weighted by Crippen LogP contribution is -2.36. The summed E-state index contributed by atoms with van der Waals surface area (Å²) in [5.74, 6) is 0.387. The van der Waals surface area contributed by atoms with Gasteiger partial charge in [-0.1, -0.05) is 26.3 Å². The van der Waals surface area contributed by atoms with Crippen molar-refractivity contribution < 1.29 is 13.2 Å². The molecule has 1 N–H and O–H groups in total. The molecule has 6 heteroatoms. The first-order valence-electron chi connectivity index (χ1n) is 8.71. The summed E-state index contributed by atoms with van der Waals surface area (Å²) in [5, 5.41) is 2.82. The molecule has 1 heterocycles. The van der Waals surface area contributed by atoms with E-state index in [1.54, 1.807) is 29.4 Å². The molecule has 1 aromatic rings. The molecule has 134 valence electrons. The zero-order valence-electron chi connectivity index (χ0n) is 14.8. The minimum absolute atomic E-state index is 0.0751. The highest BCUT2D eigenvalue weighted by Crippen LogP contribution is 2.26. The van der Waals surface area contributed by atoms with Crippen molar-refractivity contribution in [3.8, 4) is 0 Å². The van der Waals surface area contributed by atoms with Crippen molar-refractivity contribution in [3.63, 3.8) is 0 Å². The molecular weight excluding hydrogens is 324 g/mol. The normalized spacial score (nSPS) is 16.3. The number of nitrogens with zero attached hydrogens (tertiary/aromatic N) is 1. The second-order valence-corrected chi connectivity index (χ2v) is 8.83. The fourth-order valence-corrected chi connectivity index (χ4v) is 4.61. The lowest BCUT2D eigenvalue weighted by molar-refractivity contribution is -0.116. The summed E-state index contributed by atoms with van der Waals surface area (Å²) in [6.45, 7) is 7.09. The van der Waals surface area contributed by atoms with Crippen LogP contribution in [0.5, 0.6) is 0 Å². The predicted molar refractivity (Wildman–Crippen MR) is 96.5 cm³/mol. The van der Waals surface area contributed by atoms with Crippen LogP contribution in [0.4, 0.5) is 5.69 Å². The average Bonchev–Trinajstić information content (AvgIpc) is 2.55. The highest BCUT2D eigenvalue weighted by Gasteiger charge is 2.27. The first kappa shape index (κ1) is 18.9. The van der Waals surface area contributed by atoms with Crippen molar-refractivity contribution in [1.82, 2.24) is 4.31 Å². The Hall–Kier alpha value is -1.40. The van der Waals surface area contributed by atoms with Gasteiger partial charge in [0, 0.05) is 25.2 Å². The lowest BCUT2D eigenvalue weighted by atomic mass is 10.1. The molecule has 1 aromatic carbocycles. The third-order valence-corrected chi connectivity index (χ3v) is 6.39. The van der Waals surface area contributed by atoms with Crippen LogP contribution in [-0.2, 0) is 14.8 Å². The van der Waals surface area contributed by atoms with Crippen LogP contribution in [0.2, 0.25) is 0 Å². The number of carbonyl (C=O) groups excluding carboxylic acids is 1. The van der Waals surface area contributed by atoms with Gasteiger partial charge < -0.3 is 5.32 Å². The number of hydrogen-bond acceptors (Lipinski definition) is 3. The van der Waals surface area contributed by atoms with E-state index in [0.717, 1.165) is 25.7 Å². The van der Waals surface area contributed by atoms with E-state index >= 15 is 0 Å². The molecule has 0 saturated carbocycles. The number of anilines is 1. The van der Waals surface area contributed by atoms with Gasteiger partial charge in [-0.2, -0.15) is 4.31 Å². The van der Waals surface area contributed by atoms with Crippen LogP contribution in [0.1, 0.15) is 51.5 Å². The van der Waals surface area contributed by atoms with Crippen LogP contribution in [-0.4, -0.2) is 31.7 Å². The highest BCUT2D eigenvalue weighted by atomic mass is 32.2. The van der Waals surface area contributed by atoms with Crippen LogP contribution < -0.4 is 5.32 Å². The molecule has 0 spiro atoms. The van der Waals surface area contributed by atoms with Crippen molar-refractivity contribution in [2.75, 3.05) is 18.4 Å². The molecule has 1 saturated heterocycles. The molecule has 1 aliphatic heterocycles. The van der Waals surface area contributed by atoms with Gasteiger partial charge in [0.05, 0.1) is 4.90 Å². The van der Waals surface area contributed by atoms with Gasteiger partial charge >= 0.3 is 0 Å². The van der Waals surface area contributed by atoms with Gasteiger partial charge in [0.1, 0.15) is 0 Å². The van der Waals surface area contributed by atoms with E-state index in [0.29, 0.717) is 41.6 Å². The summed E-state index contributed by atoms with van der Waals surface area (Å²) >= 11 is 0. The summed E-state index contributed by atoms with van der Waals surface area (Å²) in [7, 11) is -3.49. The minimum atomic E-state index is -3.49. The van der Waals surface area contributed by atoms with Gasteiger partial charge in [0.25, 0.3) is 0 Å². The number of nitrogens with one attached hydrogen (secondary N) is 1. The first-order chi connectivity index (χ1) is 11.3. The topological polar surface area (TPSA) is 66.5 Å². The molecule has 2 rings (SSSR count). The lowest BCUT2D eigenvalue weighted by Gasteiger charge is -2.26. The summed E-state index contributed by atoms with van der Waals surface area (Å²) in [6.07, 6.45) is 4.15. The van der Waals surface area contributed by atoms with Crippen LogP contribution in [0.25, 0.3) is 0 Å². The van der Waals surface area contributed by atoms with Gasteiger partial charge in [0.2, 0.25) is 15.9 Å². The first-order valence-corrected chi connectivity index (χ1v) is 10.2. The number of benzene rings is 1. The molecule has 24 heavy (non-hydrogen) atoms. The average molecular weight is 353 g/mol. The van der Waals surface area contributed by atoms with E-state index in [1.165, 1.54) is 0 Å². The van der Waals surface area contributed by atoms with Crippen molar-refractivity contribution in [2.45, 2.75) is 57.8 Å². The SMILES string of the molecule is Cc1ccc(NC(=O)CCC(C)C)cc1S(=O)(=O)N1CCCCC1. The van der Waals surface area contributed by atoms with Crippen molar-refractivity contribution >= 4 is 21.6 Å². The number of sulfonamides is 1. The summed E-state index contributed by atoms with van der Waals surface area (Å²) in [5.41, 5.74) is 1.26. The van der Waals surface area contributed by atoms with Crippen molar-refractivity contribution in [2.24, 2.45) is 5.92 Å². The molecule has 0 aromatic heterocycles. The third-order valence-electron chi connectivity index (χ3n) is 4.35. The Bertz CT molecular complexity index is 678. The Balaban J connectivity index is 2.17. The van der Waals surface area contributed by atoms with E-state index < -0.39 is 10.0 Å². The van der Waals surface area contributed by atoms with E-state index in [1.807, 2.05) is 0 Å². The van der Waals surface area contributed by atoms with Gasteiger partial charge in [0.15, 0.2) is 0 Å². The van der Waals surface area contributed by atoms with Gasteiger partial charge in [-0.15, -0.1) is 0 Å². The van der Waals surface area contributed by atoms with Crippen LogP contribution >= 0.6 is 0 Å². The van der Waals surface area contributed by atoms with E-state index in [4.69, 9.17) is 0 Å². The Morgan fingerprint density at radius 3 is 2.50 bits per heavy atom. The second-order valence-electron chi connectivity index (χ2n) is 6.93.